The Morgan fingerprint density at radius 1 is 0.851 bits per heavy atom. The second-order valence-corrected chi connectivity index (χ2v) is 10.8. The predicted molar refractivity (Wildman–Crippen MR) is 183 cm³/mol. The van der Waals surface area contributed by atoms with Gasteiger partial charge in [0.25, 0.3) is 0 Å². The molecule has 11 heteroatoms. The van der Waals surface area contributed by atoms with Crippen LogP contribution in [0.3, 0.4) is 0 Å². The van der Waals surface area contributed by atoms with Crippen LogP contribution in [0.4, 0.5) is 10.1 Å². The van der Waals surface area contributed by atoms with Crippen LogP contribution in [0, 0.1) is 0 Å². The van der Waals surface area contributed by atoms with E-state index in [1.165, 1.54) is 12.4 Å². The smallest absolute Gasteiger partial charge is 0.138 e. The number of hydrogen-bond acceptors (Lipinski definition) is 8. The molecule has 0 fully saturated rings. The molecule has 0 N–H and O–H groups in total. The first-order valence-electron chi connectivity index (χ1n) is 15.7. The van der Waals surface area contributed by atoms with Crippen LogP contribution in [0.15, 0.2) is 86.5 Å². The molecule has 47 heavy (non-hydrogen) atoms. The standard InChI is InChI=1S/C36H42ClFN2O7/c1-3-41-13-14-42-15-16-43-17-18-44-19-20-45-25-31-9-12-35(47-31)29-7-10-34(40-26-39-2)32(22-29)28-8-11-36(33(37)23-28)46-24-27-5-4-6-30(38)21-27/h6-12,21-23,26H,2-5,13-20,24-25H2,1H3. The zero-order chi connectivity index (χ0) is 33.1. The number of nitrogens with zero attached hydrogens (tertiary/aromatic N) is 2. The Kier molecular flexibility index (Phi) is 15.8. The molecule has 1 aromatic heterocycles. The summed E-state index contributed by atoms with van der Waals surface area (Å²) >= 11 is 6.62. The van der Waals surface area contributed by atoms with Gasteiger partial charge in [-0.05, 0) is 92.2 Å². The van der Waals surface area contributed by atoms with E-state index in [-0.39, 0.29) is 12.4 Å². The Hall–Kier alpha value is -3.64. The highest BCUT2D eigenvalue weighted by atomic mass is 35.5. The fourth-order valence-electron chi connectivity index (χ4n) is 4.63. The lowest BCUT2D eigenvalue weighted by Crippen LogP contribution is -2.13. The lowest BCUT2D eigenvalue weighted by Gasteiger charge is -2.14. The Balaban J connectivity index is 1.27. The number of aliphatic imine (C=N–C) groups is 2. The van der Waals surface area contributed by atoms with Crippen molar-refractivity contribution in [3.8, 4) is 28.2 Å². The summed E-state index contributed by atoms with van der Waals surface area (Å²) in [6, 6.07) is 15.1. The molecule has 3 aromatic rings. The summed E-state index contributed by atoms with van der Waals surface area (Å²) in [5.41, 5.74) is 4.08. The van der Waals surface area contributed by atoms with Gasteiger partial charge in [-0.2, -0.15) is 0 Å². The Bertz CT molecular complexity index is 1500. The molecule has 9 nitrogen and oxygen atoms in total. The van der Waals surface area contributed by atoms with Crippen molar-refractivity contribution >= 4 is 30.3 Å². The monoisotopic (exact) mass is 668 g/mol. The minimum Gasteiger partial charge on any atom is -0.488 e. The van der Waals surface area contributed by atoms with Crippen LogP contribution in [-0.4, -0.2) is 79.1 Å². The summed E-state index contributed by atoms with van der Waals surface area (Å²) in [5, 5.41) is 0.435. The molecule has 252 valence electrons. The second-order valence-electron chi connectivity index (χ2n) is 10.4. The van der Waals surface area contributed by atoms with E-state index in [2.05, 4.69) is 16.7 Å². The summed E-state index contributed by atoms with van der Waals surface area (Å²) in [4.78, 5) is 8.20. The zero-order valence-corrected chi connectivity index (χ0v) is 27.5. The normalized spacial score (nSPS) is 13.2. The molecule has 4 rings (SSSR count). The molecular weight excluding hydrogens is 627 g/mol. The maximum absolute atomic E-state index is 13.6. The van der Waals surface area contributed by atoms with Gasteiger partial charge < -0.3 is 32.8 Å². The second kappa shape index (κ2) is 20.6. The van der Waals surface area contributed by atoms with Gasteiger partial charge in [-0.25, -0.2) is 9.38 Å². The maximum atomic E-state index is 13.6. The van der Waals surface area contributed by atoms with Crippen molar-refractivity contribution < 1.29 is 37.2 Å². The molecule has 0 atom stereocenters. The summed E-state index contributed by atoms with van der Waals surface area (Å²) in [5.74, 6) is 1.67. The maximum Gasteiger partial charge on any atom is 0.138 e. The molecule has 0 amide bonds. The number of hydrogen-bond donors (Lipinski definition) is 0. The average molecular weight is 669 g/mol. The first-order chi connectivity index (χ1) is 23.1. The first kappa shape index (κ1) is 36.2. The minimum atomic E-state index is -0.232. The largest absolute Gasteiger partial charge is 0.488 e. The quantitative estimate of drug-likeness (QED) is 0.0606. The van der Waals surface area contributed by atoms with Crippen molar-refractivity contribution in [1.29, 1.82) is 0 Å². The van der Waals surface area contributed by atoms with E-state index >= 15 is 0 Å². The van der Waals surface area contributed by atoms with Gasteiger partial charge >= 0.3 is 0 Å². The minimum absolute atomic E-state index is 0.232. The van der Waals surface area contributed by atoms with E-state index in [0.29, 0.717) is 100 Å². The molecule has 0 bridgehead atoms. The third kappa shape index (κ3) is 12.5. The number of allylic oxidation sites excluding steroid dienone is 3. The van der Waals surface area contributed by atoms with Gasteiger partial charge in [0.15, 0.2) is 0 Å². The van der Waals surface area contributed by atoms with Gasteiger partial charge in [0, 0.05) is 17.7 Å². The topological polar surface area (TPSA) is 93.2 Å². The number of halogens is 2. The van der Waals surface area contributed by atoms with Crippen LogP contribution in [0.5, 0.6) is 5.75 Å². The van der Waals surface area contributed by atoms with Crippen LogP contribution in [0.1, 0.15) is 25.5 Å². The van der Waals surface area contributed by atoms with Gasteiger partial charge in [0.1, 0.15) is 42.6 Å². The number of ether oxygens (including phenoxy) is 6. The van der Waals surface area contributed by atoms with Gasteiger partial charge in [-0.15, -0.1) is 0 Å². The van der Waals surface area contributed by atoms with Crippen LogP contribution in [0.2, 0.25) is 5.02 Å². The molecule has 1 aliphatic carbocycles. The molecule has 0 spiro atoms. The van der Waals surface area contributed by atoms with Crippen LogP contribution in [-0.2, 0) is 30.3 Å². The third-order valence-corrected chi connectivity index (χ3v) is 7.26. The van der Waals surface area contributed by atoms with Crippen molar-refractivity contribution in [2.75, 3.05) is 66.1 Å². The molecule has 0 saturated heterocycles. The summed E-state index contributed by atoms with van der Waals surface area (Å²) in [6.07, 6.45) is 5.90. The summed E-state index contributed by atoms with van der Waals surface area (Å²) in [7, 11) is 0. The number of rotatable bonds is 22. The first-order valence-corrected chi connectivity index (χ1v) is 16.0. The third-order valence-electron chi connectivity index (χ3n) is 6.96. The van der Waals surface area contributed by atoms with Crippen molar-refractivity contribution in [3.05, 3.63) is 82.9 Å². The van der Waals surface area contributed by atoms with Crippen molar-refractivity contribution in [2.45, 2.75) is 26.4 Å². The highest BCUT2D eigenvalue weighted by molar-refractivity contribution is 6.32. The van der Waals surface area contributed by atoms with E-state index in [9.17, 15) is 4.39 Å². The van der Waals surface area contributed by atoms with Gasteiger partial charge in [-0.3, -0.25) is 4.99 Å². The molecule has 0 saturated carbocycles. The molecular formula is C36H42ClFN2O7. The van der Waals surface area contributed by atoms with Crippen molar-refractivity contribution in [2.24, 2.45) is 9.98 Å². The zero-order valence-electron chi connectivity index (χ0n) is 26.8. The van der Waals surface area contributed by atoms with E-state index < -0.39 is 0 Å². The van der Waals surface area contributed by atoms with E-state index in [4.69, 9.17) is 44.4 Å². The lowest BCUT2D eigenvalue weighted by molar-refractivity contribution is -0.0128. The van der Waals surface area contributed by atoms with E-state index in [0.717, 1.165) is 28.7 Å². The van der Waals surface area contributed by atoms with Crippen LogP contribution in [0.25, 0.3) is 22.5 Å². The fourth-order valence-corrected chi connectivity index (χ4v) is 4.87. The lowest BCUT2D eigenvalue weighted by atomic mass is 10.00. The SMILES string of the molecule is C=NC=Nc1ccc(-c2ccc(COCCOCCOCCOCCOCC)o2)cc1-c1ccc(OCC2=CC(F)=CCC2)c(Cl)c1. The Morgan fingerprint density at radius 2 is 1.55 bits per heavy atom. The molecule has 0 aliphatic heterocycles. The highest BCUT2D eigenvalue weighted by Crippen LogP contribution is 2.38. The van der Waals surface area contributed by atoms with Gasteiger partial charge in [0.2, 0.25) is 0 Å². The molecule has 1 aliphatic rings. The van der Waals surface area contributed by atoms with E-state index in [1.54, 1.807) is 12.1 Å². The fraction of sp³-hybridized carbons (Fsp3) is 0.389. The molecule has 2 aromatic carbocycles. The van der Waals surface area contributed by atoms with E-state index in [1.807, 2.05) is 49.4 Å². The van der Waals surface area contributed by atoms with Gasteiger partial charge in [0.05, 0.1) is 63.6 Å². The van der Waals surface area contributed by atoms with Gasteiger partial charge in [-0.1, -0.05) is 17.7 Å². The van der Waals surface area contributed by atoms with Crippen LogP contribution < -0.4 is 4.74 Å². The summed E-state index contributed by atoms with van der Waals surface area (Å²) in [6.45, 7) is 10.8. The molecule has 1 heterocycles. The number of furan rings is 1. The number of benzene rings is 2. The van der Waals surface area contributed by atoms with Crippen molar-refractivity contribution in [1.82, 2.24) is 0 Å². The summed E-state index contributed by atoms with van der Waals surface area (Å²) < 4.78 is 52.9. The molecule has 0 unspecified atom stereocenters. The highest BCUT2D eigenvalue weighted by Gasteiger charge is 2.14. The Morgan fingerprint density at radius 3 is 2.23 bits per heavy atom. The Labute approximate surface area is 280 Å². The molecule has 0 radical (unpaired) electrons. The average Bonchev–Trinajstić information content (AvgIpc) is 3.56. The van der Waals surface area contributed by atoms with Crippen LogP contribution >= 0.6 is 11.6 Å². The van der Waals surface area contributed by atoms with Crippen molar-refractivity contribution in [3.63, 3.8) is 0 Å². The predicted octanol–water partition coefficient (Wildman–Crippen LogP) is 8.18.